The van der Waals surface area contributed by atoms with E-state index in [2.05, 4.69) is 24.0 Å². The van der Waals surface area contributed by atoms with Gasteiger partial charge < -0.3 is 9.51 Å². The van der Waals surface area contributed by atoms with Crippen LogP contribution in [0.2, 0.25) is 5.02 Å². The number of imidazole rings is 1. The fourth-order valence-corrected chi connectivity index (χ4v) is 3.09. The quantitative estimate of drug-likeness (QED) is 0.317. The third-order valence-electron chi connectivity index (χ3n) is 4.42. The lowest BCUT2D eigenvalue weighted by Crippen LogP contribution is -1.97. The van der Waals surface area contributed by atoms with Crippen LogP contribution in [0, 0.1) is 37.3 Å². The molecule has 1 N–H and O–H groups in total. The highest BCUT2D eigenvalue weighted by Gasteiger charge is 2.30. The number of pyridine rings is 1. The molecule has 0 aliphatic carbocycles. The highest BCUT2D eigenvalue weighted by molar-refractivity contribution is 6.33. The first-order chi connectivity index (χ1) is 15.6. The Balaban J connectivity index is 0.000000186. The molecule has 0 bridgehead atoms. The Kier molecular flexibility index (Phi) is 6.49. The van der Waals surface area contributed by atoms with E-state index in [1.807, 2.05) is 41.1 Å². The fourth-order valence-electron chi connectivity index (χ4n) is 2.86. The first-order valence-electron chi connectivity index (χ1n) is 9.09. The van der Waals surface area contributed by atoms with E-state index in [0.29, 0.717) is 12.1 Å². The van der Waals surface area contributed by atoms with E-state index in [1.54, 1.807) is 0 Å². The van der Waals surface area contributed by atoms with Crippen molar-refractivity contribution >= 4 is 34.3 Å². The topological polar surface area (TPSA) is 167 Å². The molecule has 0 atom stereocenters. The van der Waals surface area contributed by atoms with E-state index in [1.165, 1.54) is 5.56 Å². The van der Waals surface area contributed by atoms with Crippen molar-refractivity contribution in [2.45, 2.75) is 6.92 Å². The van der Waals surface area contributed by atoms with Gasteiger partial charge in [-0.3, -0.25) is 30.3 Å². The number of phenolic OH excluding ortho intramolecular Hbond substituents is 1. The second-order valence-electron chi connectivity index (χ2n) is 6.68. The predicted molar refractivity (Wildman–Crippen MR) is 118 cm³/mol. The van der Waals surface area contributed by atoms with Crippen LogP contribution in [0.15, 0.2) is 60.9 Å². The third kappa shape index (κ3) is 5.02. The summed E-state index contributed by atoms with van der Waals surface area (Å²) < 4.78 is 2.01. The van der Waals surface area contributed by atoms with Crippen LogP contribution in [-0.4, -0.2) is 29.3 Å². The molecular formula is C20H14ClN5O7. The minimum Gasteiger partial charge on any atom is -0.497 e. The third-order valence-corrected chi connectivity index (χ3v) is 4.75. The monoisotopic (exact) mass is 471 g/mol. The van der Waals surface area contributed by atoms with Gasteiger partial charge in [-0.15, -0.1) is 0 Å². The number of nitro groups is 3. The van der Waals surface area contributed by atoms with Gasteiger partial charge in [0.25, 0.3) is 11.4 Å². The number of aromatic nitrogens is 2. The average molecular weight is 472 g/mol. The van der Waals surface area contributed by atoms with Crippen molar-refractivity contribution < 1.29 is 19.9 Å². The minimum atomic E-state index is -1.21. The fraction of sp³-hybridized carbons (Fsp3) is 0.0500. The number of phenols is 1. The van der Waals surface area contributed by atoms with Crippen LogP contribution in [0.25, 0.3) is 16.9 Å². The smallest absolute Gasteiger partial charge is 0.324 e. The number of nitro benzene ring substituents is 3. The number of hydrogen-bond acceptors (Lipinski definition) is 8. The van der Waals surface area contributed by atoms with Gasteiger partial charge >= 0.3 is 11.4 Å². The van der Waals surface area contributed by atoms with Crippen molar-refractivity contribution in [2.75, 3.05) is 0 Å². The molecule has 2 aromatic heterocycles. The SMILES string of the molecule is Cc1ccn2cc(-c3ccccc3Cl)nc2c1.O=[N+]([O-])c1cc([N+](=O)[O-])c(O)c([N+](=O)[O-])c1. The number of aryl methyl sites for hydroxylation is 1. The van der Waals surface area contributed by atoms with Gasteiger partial charge in [0.2, 0.25) is 0 Å². The minimum absolute atomic E-state index is 0.447. The lowest BCUT2D eigenvalue weighted by atomic mass is 10.2. The number of aromatic hydroxyl groups is 1. The van der Waals surface area contributed by atoms with Crippen molar-refractivity contribution in [2.24, 2.45) is 0 Å². The van der Waals surface area contributed by atoms with Gasteiger partial charge in [0.05, 0.1) is 37.6 Å². The lowest BCUT2D eigenvalue weighted by Gasteiger charge is -1.97. The summed E-state index contributed by atoms with van der Waals surface area (Å²) in [4.78, 5) is 32.4. The average Bonchev–Trinajstić information content (AvgIpc) is 3.17. The van der Waals surface area contributed by atoms with Crippen molar-refractivity contribution in [3.05, 3.63) is 102 Å². The molecular weight excluding hydrogens is 458 g/mol. The van der Waals surface area contributed by atoms with Crippen LogP contribution >= 0.6 is 11.6 Å². The Bertz CT molecular complexity index is 1370. The van der Waals surface area contributed by atoms with Crippen molar-refractivity contribution in [1.82, 2.24) is 9.38 Å². The van der Waals surface area contributed by atoms with E-state index < -0.39 is 37.6 Å². The molecule has 168 valence electrons. The molecule has 2 aromatic carbocycles. The van der Waals surface area contributed by atoms with Gasteiger partial charge in [-0.05, 0) is 30.7 Å². The van der Waals surface area contributed by atoms with E-state index in [4.69, 9.17) is 16.7 Å². The Morgan fingerprint density at radius 1 is 0.939 bits per heavy atom. The van der Waals surface area contributed by atoms with Crippen molar-refractivity contribution in [1.29, 1.82) is 0 Å². The normalized spacial score (nSPS) is 10.4. The maximum atomic E-state index is 10.4. The van der Waals surface area contributed by atoms with Gasteiger partial charge in [-0.2, -0.15) is 0 Å². The van der Waals surface area contributed by atoms with Crippen LogP contribution < -0.4 is 0 Å². The number of non-ortho nitro benzene ring substituents is 1. The number of nitrogens with zero attached hydrogens (tertiary/aromatic N) is 5. The highest BCUT2D eigenvalue weighted by Crippen LogP contribution is 2.39. The molecule has 4 aromatic rings. The molecule has 0 saturated heterocycles. The summed E-state index contributed by atoms with van der Waals surface area (Å²) in [6, 6.07) is 12.8. The van der Waals surface area contributed by atoms with Crippen LogP contribution in [-0.2, 0) is 0 Å². The standard InChI is InChI=1S/C14H11ClN2.C6H3N3O7/c1-10-6-7-17-9-13(16-14(17)8-10)11-4-2-3-5-12(11)15;10-6-4(8(13)14)1-3(7(11)12)2-5(6)9(15)16/h2-9H,1H3;1-2,10H. The Morgan fingerprint density at radius 2 is 1.55 bits per heavy atom. The molecule has 0 fully saturated rings. The van der Waals surface area contributed by atoms with Gasteiger partial charge in [-0.1, -0.05) is 29.8 Å². The molecule has 0 radical (unpaired) electrons. The van der Waals surface area contributed by atoms with Crippen molar-refractivity contribution in [3.63, 3.8) is 0 Å². The van der Waals surface area contributed by atoms with Crippen LogP contribution in [0.1, 0.15) is 5.56 Å². The zero-order chi connectivity index (χ0) is 24.3. The summed E-state index contributed by atoms with van der Waals surface area (Å²) in [5.74, 6) is -1.21. The molecule has 12 nitrogen and oxygen atoms in total. The van der Waals surface area contributed by atoms with Crippen molar-refractivity contribution in [3.8, 4) is 17.0 Å². The number of fused-ring (bicyclic) bond motifs is 1. The van der Waals surface area contributed by atoms with E-state index >= 15 is 0 Å². The van der Waals surface area contributed by atoms with Gasteiger partial charge in [0.15, 0.2) is 0 Å². The van der Waals surface area contributed by atoms with Crippen LogP contribution in [0.3, 0.4) is 0 Å². The number of rotatable bonds is 4. The predicted octanol–water partition coefficient (Wildman–Crippen LogP) is 5.08. The summed E-state index contributed by atoms with van der Waals surface area (Å²) in [6.07, 6.45) is 4.01. The highest BCUT2D eigenvalue weighted by atomic mass is 35.5. The molecule has 0 saturated carbocycles. The summed E-state index contributed by atoms with van der Waals surface area (Å²) in [5.41, 5.74) is 1.02. The van der Waals surface area contributed by atoms with Gasteiger partial charge in [0.1, 0.15) is 5.65 Å². The second kappa shape index (κ2) is 9.28. The molecule has 0 aliphatic rings. The summed E-state index contributed by atoms with van der Waals surface area (Å²) in [5, 5.41) is 40.9. The Hall–Kier alpha value is -4.58. The van der Waals surface area contributed by atoms with E-state index in [9.17, 15) is 30.3 Å². The molecule has 4 rings (SSSR count). The van der Waals surface area contributed by atoms with Crippen LogP contribution in [0.5, 0.6) is 5.75 Å². The maximum Gasteiger partial charge on any atom is 0.324 e. The largest absolute Gasteiger partial charge is 0.497 e. The molecule has 2 heterocycles. The summed E-state index contributed by atoms with van der Waals surface area (Å²) in [6.45, 7) is 2.06. The number of hydrogen-bond donors (Lipinski definition) is 1. The molecule has 0 aliphatic heterocycles. The zero-order valence-corrected chi connectivity index (χ0v) is 17.5. The summed E-state index contributed by atoms with van der Waals surface area (Å²) >= 11 is 6.17. The lowest BCUT2D eigenvalue weighted by molar-refractivity contribution is -0.404. The van der Waals surface area contributed by atoms with Crippen LogP contribution in [0.4, 0.5) is 17.1 Å². The van der Waals surface area contributed by atoms with Gasteiger partial charge in [0, 0.05) is 18.0 Å². The maximum absolute atomic E-state index is 10.4. The number of benzene rings is 2. The first kappa shape index (κ1) is 23.1. The molecule has 0 amide bonds. The zero-order valence-electron chi connectivity index (χ0n) is 16.8. The van der Waals surface area contributed by atoms with E-state index in [0.717, 1.165) is 21.9 Å². The second-order valence-corrected chi connectivity index (χ2v) is 7.09. The molecule has 13 heteroatoms. The molecule has 33 heavy (non-hydrogen) atoms. The Morgan fingerprint density at radius 3 is 2.09 bits per heavy atom. The molecule has 0 unspecified atom stereocenters. The van der Waals surface area contributed by atoms with Gasteiger partial charge in [-0.25, -0.2) is 4.98 Å². The first-order valence-corrected chi connectivity index (χ1v) is 9.46. The van der Waals surface area contributed by atoms with E-state index in [-0.39, 0.29) is 0 Å². The molecule has 0 spiro atoms. The summed E-state index contributed by atoms with van der Waals surface area (Å²) in [7, 11) is 0. The number of halogens is 1. The Labute approximate surface area is 189 Å².